The molecule has 0 saturated heterocycles. The second-order valence-corrected chi connectivity index (χ2v) is 12.8. The fraction of sp³-hybridized carbons (Fsp3) is 0.0417. The fourth-order valence-corrected chi connectivity index (χ4v) is 7.55. The molecule has 226 valence electrons. The Morgan fingerprint density at radius 3 is 1.79 bits per heavy atom. The van der Waals surface area contributed by atoms with Gasteiger partial charge in [0.2, 0.25) is 0 Å². The van der Waals surface area contributed by atoms with Crippen molar-refractivity contribution in [2.24, 2.45) is 0 Å². The SMILES string of the molecule is CCc1ccc(-c2ccc(-c3cccc(-c4ccc5ccccc5c4)c3)c3cc4ccccc4c(-c4cccc5ccccc45)c23)cc1. The number of hydrogen-bond acceptors (Lipinski definition) is 0. The van der Waals surface area contributed by atoms with E-state index in [0.29, 0.717) is 0 Å². The van der Waals surface area contributed by atoms with Crippen LogP contribution < -0.4 is 0 Å². The summed E-state index contributed by atoms with van der Waals surface area (Å²) in [6.45, 7) is 2.22. The normalized spacial score (nSPS) is 11.5. The van der Waals surface area contributed by atoms with Gasteiger partial charge in [0.05, 0.1) is 0 Å². The maximum atomic E-state index is 2.42. The third-order valence-corrected chi connectivity index (χ3v) is 10.0. The molecule has 48 heavy (non-hydrogen) atoms. The van der Waals surface area contributed by atoms with Crippen LogP contribution in [0.1, 0.15) is 12.5 Å². The number of benzene rings is 9. The minimum atomic E-state index is 1.03. The largest absolute Gasteiger partial charge is 0.0616 e. The van der Waals surface area contributed by atoms with Gasteiger partial charge in [0.15, 0.2) is 0 Å². The minimum absolute atomic E-state index is 1.03. The highest BCUT2D eigenvalue weighted by Crippen LogP contribution is 2.46. The van der Waals surface area contributed by atoms with Crippen molar-refractivity contribution in [1.82, 2.24) is 0 Å². The molecule has 0 amide bonds. The molecular formula is C48H34. The van der Waals surface area contributed by atoms with Crippen LogP contribution in [-0.2, 0) is 6.42 Å². The van der Waals surface area contributed by atoms with Crippen molar-refractivity contribution < 1.29 is 0 Å². The van der Waals surface area contributed by atoms with Crippen LogP contribution in [-0.4, -0.2) is 0 Å². The number of fused-ring (bicyclic) bond motifs is 4. The molecule has 0 aliphatic heterocycles. The lowest BCUT2D eigenvalue weighted by atomic mass is 9.83. The Balaban J connectivity index is 1.36. The Morgan fingerprint density at radius 2 is 0.958 bits per heavy atom. The van der Waals surface area contributed by atoms with Crippen molar-refractivity contribution in [1.29, 1.82) is 0 Å². The van der Waals surface area contributed by atoms with Crippen molar-refractivity contribution >= 4 is 43.1 Å². The Hall–Kier alpha value is -5.98. The number of hydrogen-bond donors (Lipinski definition) is 0. The number of rotatable bonds is 5. The average Bonchev–Trinajstić information content (AvgIpc) is 3.16. The highest BCUT2D eigenvalue weighted by Gasteiger charge is 2.19. The molecule has 9 aromatic carbocycles. The molecule has 9 rings (SSSR count). The van der Waals surface area contributed by atoms with E-state index in [4.69, 9.17) is 0 Å². The van der Waals surface area contributed by atoms with Crippen LogP contribution in [0.2, 0.25) is 0 Å². The topological polar surface area (TPSA) is 0 Å². The van der Waals surface area contributed by atoms with Gasteiger partial charge in [-0.2, -0.15) is 0 Å². The summed E-state index contributed by atoms with van der Waals surface area (Å²) in [7, 11) is 0. The van der Waals surface area contributed by atoms with E-state index in [-0.39, 0.29) is 0 Å². The molecule has 0 unspecified atom stereocenters. The molecule has 0 aliphatic rings. The highest BCUT2D eigenvalue weighted by molar-refractivity contribution is 6.23. The standard InChI is InChI=1S/C48H34/c1-2-32-21-23-35(24-22-32)44-28-27-42(39-17-9-16-37(30-39)38-26-25-33-11-3-4-13-36(33)29-38)46-31-40-14-6-8-19-43(40)47(48(44)46)45-20-10-15-34-12-5-7-18-41(34)45/h3-31H,2H2,1H3. The molecule has 0 bridgehead atoms. The minimum Gasteiger partial charge on any atom is -0.0616 e. The lowest BCUT2D eigenvalue weighted by Gasteiger charge is -2.20. The zero-order chi connectivity index (χ0) is 32.0. The van der Waals surface area contributed by atoms with Gasteiger partial charge in [0.1, 0.15) is 0 Å². The summed E-state index contributed by atoms with van der Waals surface area (Å²) in [4.78, 5) is 0. The van der Waals surface area contributed by atoms with E-state index in [1.54, 1.807) is 0 Å². The zero-order valence-electron chi connectivity index (χ0n) is 27.0. The second-order valence-electron chi connectivity index (χ2n) is 12.8. The van der Waals surface area contributed by atoms with Crippen molar-refractivity contribution in [3.63, 3.8) is 0 Å². The van der Waals surface area contributed by atoms with Crippen molar-refractivity contribution in [2.45, 2.75) is 13.3 Å². The van der Waals surface area contributed by atoms with Gasteiger partial charge in [-0.15, -0.1) is 0 Å². The molecule has 0 aliphatic carbocycles. The summed E-state index contributed by atoms with van der Waals surface area (Å²) in [6, 6.07) is 65.1. The summed E-state index contributed by atoms with van der Waals surface area (Å²) < 4.78 is 0. The number of aryl methyl sites for hydroxylation is 1. The monoisotopic (exact) mass is 610 g/mol. The molecule has 0 N–H and O–H groups in total. The maximum absolute atomic E-state index is 2.42. The molecule has 0 saturated carbocycles. The first-order chi connectivity index (χ1) is 23.7. The van der Waals surface area contributed by atoms with Crippen LogP contribution in [0.4, 0.5) is 0 Å². The van der Waals surface area contributed by atoms with E-state index in [1.807, 2.05) is 0 Å². The van der Waals surface area contributed by atoms with E-state index < -0.39 is 0 Å². The molecule has 0 heterocycles. The van der Waals surface area contributed by atoms with Crippen molar-refractivity contribution in [3.8, 4) is 44.5 Å². The third-order valence-electron chi connectivity index (χ3n) is 10.0. The van der Waals surface area contributed by atoms with E-state index in [0.717, 1.165) is 6.42 Å². The molecule has 9 aromatic rings. The van der Waals surface area contributed by atoms with Crippen LogP contribution in [0, 0.1) is 0 Å². The van der Waals surface area contributed by atoms with Crippen LogP contribution >= 0.6 is 0 Å². The van der Waals surface area contributed by atoms with Gasteiger partial charge < -0.3 is 0 Å². The molecule has 0 atom stereocenters. The third kappa shape index (κ3) is 4.77. The second kappa shape index (κ2) is 11.7. The van der Waals surface area contributed by atoms with Crippen LogP contribution in [0.5, 0.6) is 0 Å². The summed E-state index contributed by atoms with van der Waals surface area (Å²) in [5, 5.41) is 10.1. The van der Waals surface area contributed by atoms with Crippen LogP contribution in [0.3, 0.4) is 0 Å². The Bertz CT molecular complexity index is 2630. The smallest absolute Gasteiger partial charge is 0.00139 e. The Morgan fingerprint density at radius 1 is 0.333 bits per heavy atom. The van der Waals surface area contributed by atoms with Gasteiger partial charge in [0, 0.05) is 0 Å². The first-order valence-corrected chi connectivity index (χ1v) is 16.9. The zero-order valence-corrected chi connectivity index (χ0v) is 27.0. The fourth-order valence-electron chi connectivity index (χ4n) is 7.55. The van der Waals surface area contributed by atoms with Gasteiger partial charge in [-0.05, 0) is 118 Å². The van der Waals surface area contributed by atoms with Crippen molar-refractivity contribution in [2.75, 3.05) is 0 Å². The summed E-state index contributed by atoms with van der Waals surface area (Å²) in [5.74, 6) is 0. The van der Waals surface area contributed by atoms with Gasteiger partial charge >= 0.3 is 0 Å². The van der Waals surface area contributed by atoms with Crippen LogP contribution in [0.25, 0.3) is 87.6 Å². The van der Waals surface area contributed by atoms with E-state index in [9.17, 15) is 0 Å². The Kier molecular flexibility index (Phi) is 6.87. The molecule has 0 nitrogen and oxygen atoms in total. The predicted octanol–water partition coefficient (Wildman–Crippen LogP) is 13.5. The molecule has 0 fully saturated rings. The average molecular weight is 611 g/mol. The lowest BCUT2D eigenvalue weighted by molar-refractivity contribution is 1.14. The Labute approximate surface area is 281 Å². The van der Waals surface area contributed by atoms with Gasteiger partial charge in [-0.25, -0.2) is 0 Å². The van der Waals surface area contributed by atoms with E-state index >= 15 is 0 Å². The summed E-state index contributed by atoms with van der Waals surface area (Å²) in [5.41, 5.74) is 11.3. The molecule has 0 spiro atoms. The lowest BCUT2D eigenvalue weighted by Crippen LogP contribution is -1.93. The summed E-state index contributed by atoms with van der Waals surface area (Å²) >= 11 is 0. The molecule has 0 heteroatoms. The van der Waals surface area contributed by atoms with Gasteiger partial charge in [-0.3, -0.25) is 0 Å². The summed E-state index contributed by atoms with van der Waals surface area (Å²) in [6.07, 6.45) is 1.03. The van der Waals surface area contributed by atoms with Gasteiger partial charge in [-0.1, -0.05) is 165 Å². The van der Waals surface area contributed by atoms with Crippen LogP contribution in [0.15, 0.2) is 176 Å². The van der Waals surface area contributed by atoms with Gasteiger partial charge in [0.25, 0.3) is 0 Å². The first-order valence-electron chi connectivity index (χ1n) is 16.9. The molecule has 0 aromatic heterocycles. The van der Waals surface area contributed by atoms with E-state index in [2.05, 4.69) is 183 Å². The molecular weight excluding hydrogens is 577 g/mol. The maximum Gasteiger partial charge on any atom is -0.00139 e. The quantitative estimate of drug-likeness (QED) is 0.170. The van der Waals surface area contributed by atoms with E-state index in [1.165, 1.54) is 93.2 Å². The highest BCUT2D eigenvalue weighted by atomic mass is 14.2. The molecule has 0 radical (unpaired) electrons. The van der Waals surface area contributed by atoms with Crippen molar-refractivity contribution in [3.05, 3.63) is 181 Å². The predicted molar refractivity (Wildman–Crippen MR) is 208 cm³/mol. The first kappa shape index (κ1) is 28.3.